The number of nitrogens with zero attached hydrogens (tertiary/aromatic N) is 2. The van der Waals surface area contributed by atoms with Crippen molar-refractivity contribution in [2.45, 2.75) is 26.5 Å². The number of methoxy groups -OCH3 is 1. The lowest BCUT2D eigenvalue weighted by Gasteiger charge is -2.16. The SMILES string of the molecule is COc1cccc(CN(C)c2nc(C)c(C(C)O)s2)c1. The summed E-state index contributed by atoms with van der Waals surface area (Å²) in [5, 5.41) is 10.6. The van der Waals surface area contributed by atoms with Crippen molar-refractivity contribution in [1.82, 2.24) is 4.98 Å². The average Bonchev–Trinajstić information content (AvgIpc) is 2.81. The fourth-order valence-electron chi connectivity index (χ4n) is 2.06. The first kappa shape index (κ1) is 14.8. The summed E-state index contributed by atoms with van der Waals surface area (Å²) in [6, 6.07) is 8.00. The standard InChI is InChI=1S/C15H20N2O2S/c1-10-14(11(2)18)20-15(16-10)17(3)9-12-6-5-7-13(8-12)19-4/h5-8,11,18H,9H2,1-4H3. The van der Waals surface area contributed by atoms with Gasteiger partial charge in [-0.05, 0) is 31.5 Å². The van der Waals surface area contributed by atoms with E-state index in [4.69, 9.17) is 4.74 Å². The quantitative estimate of drug-likeness (QED) is 0.919. The lowest BCUT2D eigenvalue weighted by molar-refractivity contribution is 0.202. The summed E-state index contributed by atoms with van der Waals surface area (Å²) in [5.74, 6) is 0.857. The molecule has 2 aromatic rings. The van der Waals surface area contributed by atoms with Crippen LogP contribution in [0.3, 0.4) is 0 Å². The second kappa shape index (κ2) is 6.24. The fourth-order valence-corrected chi connectivity index (χ4v) is 3.02. The molecule has 20 heavy (non-hydrogen) atoms. The van der Waals surface area contributed by atoms with Gasteiger partial charge in [-0.3, -0.25) is 0 Å². The molecule has 0 fully saturated rings. The van der Waals surface area contributed by atoms with Crippen molar-refractivity contribution in [1.29, 1.82) is 0 Å². The Morgan fingerprint density at radius 1 is 1.45 bits per heavy atom. The maximum Gasteiger partial charge on any atom is 0.185 e. The number of aryl methyl sites for hydroxylation is 1. The maximum absolute atomic E-state index is 9.69. The monoisotopic (exact) mass is 292 g/mol. The summed E-state index contributed by atoms with van der Waals surface area (Å²) in [4.78, 5) is 7.53. The molecule has 0 amide bonds. The lowest BCUT2D eigenvalue weighted by Crippen LogP contribution is -2.16. The predicted molar refractivity (Wildman–Crippen MR) is 82.6 cm³/mol. The minimum Gasteiger partial charge on any atom is -0.497 e. The largest absolute Gasteiger partial charge is 0.497 e. The summed E-state index contributed by atoms with van der Waals surface area (Å²) in [6.07, 6.45) is -0.466. The zero-order valence-corrected chi connectivity index (χ0v) is 13.1. The molecule has 1 atom stereocenters. The number of benzene rings is 1. The molecular formula is C15H20N2O2S. The molecule has 0 saturated carbocycles. The summed E-state index contributed by atoms with van der Waals surface area (Å²) < 4.78 is 5.23. The zero-order valence-electron chi connectivity index (χ0n) is 12.3. The third-order valence-electron chi connectivity index (χ3n) is 3.08. The van der Waals surface area contributed by atoms with Crippen molar-refractivity contribution in [2.24, 2.45) is 0 Å². The molecule has 2 rings (SSSR count). The van der Waals surface area contributed by atoms with E-state index < -0.39 is 6.10 Å². The molecule has 0 aliphatic rings. The van der Waals surface area contributed by atoms with Crippen LogP contribution in [0.25, 0.3) is 0 Å². The molecule has 0 radical (unpaired) electrons. The van der Waals surface area contributed by atoms with Crippen LogP contribution in [0.2, 0.25) is 0 Å². The predicted octanol–water partition coefficient (Wildman–Crippen LogP) is 3.15. The molecule has 1 unspecified atom stereocenters. The second-order valence-electron chi connectivity index (χ2n) is 4.83. The minimum atomic E-state index is -0.466. The highest BCUT2D eigenvalue weighted by Gasteiger charge is 2.14. The van der Waals surface area contributed by atoms with Crippen molar-refractivity contribution >= 4 is 16.5 Å². The third kappa shape index (κ3) is 3.29. The molecule has 0 aliphatic carbocycles. The number of aliphatic hydroxyl groups excluding tert-OH is 1. The number of thiazole rings is 1. The molecule has 0 aliphatic heterocycles. The van der Waals surface area contributed by atoms with Crippen molar-refractivity contribution in [3.05, 3.63) is 40.4 Å². The Balaban J connectivity index is 2.15. The third-order valence-corrected chi connectivity index (χ3v) is 4.52. The first-order valence-corrected chi connectivity index (χ1v) is 7.32. The van der Waals surface area contributed by atoms with Crippen LogP contribution in [0.1, 0.15) is 29.2 Å². The van der Waals surface area contributed by atoms with E-state index in [0.29, 0.717) is 0 Å². The van der Waals surface area contributed by atoms with E-state index >= 15 is 0 Å². The van der Waals surface area contributed by atoms with Crippen LogP contribution in [-0.4, -0.2) is 24.2 Å². The van der Waals surface area contributed by atoms with E-state index in [1.807, 2.05) is 32.2 Å². The number of aromatic nitrogens is 1. The van der Waals surface area contributed by atoms with Gasteiger partial charge in [-0.25, -0.2) is 4.98 Å². The molecular weight excluding hydrogens is 272 g/mol. The molecule has 0 spiro atoms. The molecule has 5 heteroatoms. The van der Waals surface area contributed by atoms with Gasteiger partial charge in [0.05, 0.1) is 23.8 Å². The average molecular weight is 292 g/mol. The minimum absolute atomic E-state index is 0.466. The van der Waals surface area contributed by atoms with Gasteiger partial charge in [-0.1, -0.05) is 23.5 Å². The van der Waals surface area contributed by atoms with Gasteiger partial charge in [0, 0.05) is 13.6 Å². The molecule has 4 nitrogen and oxygen atoms in total. The second-order valence-corrected chi connectivity index (χ2v) is 5.84. The summed E-state index contributed by atoms with van der Waals surface area (Å²) in [7, 11) is 3.67. The van der Waals surface area contributed by atoms with Crippen molar-refractivity contribution in [3.8, 4) is 5.75 Å². The Hall–Kier alpha value is -1.59. The first-order valence-electron chi connectivity index (χ1n) is 6.50. The normalized spacial score (nSPS) is 12.2. The Morgan fingerprint density at radius 3 is 2.80 bits per heavy atom. The van der Waals surface area contributed by atoms with Gasteiger partial charge in [0.1, 0.15) is 5.75 Å². The smallest absolute Gasteiger partial charge is 0.185 e. The molecule has 0 saturated heterocycles. The van der Waals surface area contributed by atoms with Gasteiger partial charge in [-0.15, -0.1) is 0 Å². The first-order chi connectivity index (χ1) is 9.51. The van der Waals surface area contributed by atoms with Gasteiger partial charge >= 0.3 is 0 Å². The van der Waals surface area contributed by atoms with Gasteiger partial charge < -0.3 is 14.7 Å². The zero-order chi connectivity index (χ0) is 14.7. The van der Waals surface area contributed by atoms with Crippen LogP contribution < -0.4 is 9.64 Å². The van der Waals surface area contributed by atoms with Crippen LogP contribution in [0.4, 0.5) is 5.13 Å². The van der Waals surface area contributed by atoms with Crippen molar-refractivity contribution < 1.29 is 9.84 Å². The fraction of sp³-hybridized carbons (Fsp3) is 0.400. The van der Waals surface area contributed by atoms with Crippen LogP contribution in [0.5, 0.6) is 5.75 Å². The van der Waals surface area contributed by atoms with Gasteiger partial charge in [-0.2, -0.15) is 0 Å². The van der Waals surface area contributed by atoms with E-state index in [2.05, 4.69) is 16.0 Å². The Labute approximate surface area is 123 Å². The highest BCUT2D eigenvalue weighted by Crippen LogP contribution is 2.30. The molecule has 108 valence electrons. The Bertz CT molecular complexity index is 581. The number of anilines is 1. The summed E-state index contributed by atoms with van der Waals surface area (Å²) >= 11 is 1.54. The van der Waals surface area contributed by atoms with Crippen molar-refractivity contribution in [3.63, 3.8) is 0 Å². The van der Waals surface area contributed by atoms with E-state index in [-0.39, 0.29) is 0 Å². The van der Waals surface area contributed by atoms with Gasteiger partial charge in [0.25, 0.3) is 0 Å². The van der Waals surface area contributed by atoms with Crippen LogP contribution >= 0.6 is 11.3 Å². The molecule has 1 N–H and O–H groups in total. The Kier molecular flexibility index (Phi) is 4.62. The number of ether oxygens (including phenoxy) is 1. The highest BCUT2D eigenvalue weighted by molar-refractivity contribution is 7.15. The molecule has 1 aromatic carbocycles. The molecule has 1 aromatic heterocycles. The maximum atomic E-state index is 9.69. The number of hydrogen-bond donors (Lipinski definition) is 1. The number of rotatable bonds is 5. The van der Waals surface area contributed by atoms with Gasteiger partial charge in [0.15, 0.2) is 5.13 Å². The highest BCUT2D eigenvalue weighted by atomic mass is 32.1. The topological polar surface area (TPSA) is 45.6 Å². The van der Waals surface area contributed by atoms with Crippen LogP contribution in [-0.2, 0) is 6.54 Å². The van der Waals surface area contributed by atoms with E-state index in [0.717, 1.165) is 28.0 Å². The summed E-state index contributed by atoms with van der Waals surface area (Å²) in [5.41, 5.74) is 2.07. The van der Waals surface area contributed by atoms with Gasteiger partial charge in [0.2, 0.25) is 0 Å². The van der Waals surface area contributed by atoms with Crippen LogP contribution in [0.15, 0.2) is 24.3 Å². The summed E-state index contributed by atoms with van der Waals surface area (Å²) in [6.45, 7) is 4.46. The molecule has 1 heterocycles. The lowest BCUT2D eigenvalue weighted by atomic mass is 10.2. The van der Waals surface area contributed by atoms with E-state index in [9.17, 15) is 5.11 Å². The van der Waals surface area contributed by atoms with E-state index in [1.165, 1.54) is 16.9 Å². The van der Waals surface area contributed by atoms with Crippen LogP contribution in [0, 0.1) is 6.92 Å². The number of aliphatic hydroxyl groups is 1. The van der Waals surface area contributed by atoms with E-state index in [1.54, 1.807) is 14.0 Å². The van der Waals surface area contributed by atoms with Crippen molar-refractivity contribution in [2.75, 3.05) is 19.1 Å². The molecule has 0 bridgehead atoms. The number of hydrogen-bond acceptors (Lipinski definition) is 5. The Morgan fingerprint density at radius 2 is 2.20 bits per heavy atom.